The molecular formula is C9H12Cl6O6P2S2. The molecule has 25 heavy (non-hydrogen) atoms. The summed E-state index contributed by atoms with van der Waals surface area (Å²) < 4.78 is 18.0. The fourth-order valence-electron chi connectivity index (χ4n) is 1.87. The van der Waals surface area contributed by atoms with Crippen molar-refractivity contribution in [3.63, 3.8) is 0 Å². The molecule has 2 saturated heterocycles. The third kappa shape index (κ3) is 5.49. The number of hydrogen-bond acceptors (Lipinski definition) is 8. The SMILES string of the molecule is OC(C(Cl)(Cl)Cl)P1(=S)OCC2(CO1)COP(=S)(C(O)C(Cl)(Cl)Cl)OC2. The number of hydrogen-bond donors (Lipinski definition) is 2. The molecular weight excluding hydrogens is 543 g/mol. The van der Waals surface area contributed by atoms with Crippen molar-refractivity contribution in [2.75, 3.05) is 26.4 Å². The van der Waals surface area contributed by atoms with Gasteiger partial charge in [0.2, 0.25) is 20.6 Å². The van der Waals surface area contributed by atoms with Crippen molar-refractivity contribution >= 4 is 106 Å². The number of aliphatic hydroxyl groups is 2. The fourth-order valence-corrected chi connectivity index (χ4v) is 10.1. The van der Waals surface area contributed by atoms with Gasteiger partial charge in [-0.25, -0.2) is 0 Å². The van der Waals surface area contributed by atoms with Crippen LogP contribution in [0.5, 0.6) is 0 Å². The number of rotatable bonds is 2. The van der Waals surface area contributed by atoms with E-state index in [9.17, 15) is 10.2 Å². The van der Waals surface area contributed by atoms with Crippen LogP contribution in [0.25, 0.3) is 0 Å². The normalized spacial score (nSPS) is 40.0. The summed E-state index contributed by atoms with van der Waals surface area (Å²) in [5.74, 6) is -3.20. The third-order valence-electron chi connectivity index (χ3n) is 3.39. The average molecular weight is 555 g/mol. The molecule has 0 aliphatic carbocycles. The number of alkyl halides is 6. The maximum absolute atomic E-state index is 10.1. The summed E-state index contributed by atoms with van der Waals surface area (Å²) >= 11 is 44.3. The van der Waals surface area contributed by atoms with Crippen molar-refractivity contribution in [3.8, 4) is 0 Å². The van der Waals surface area contributed by atoms with Gasteiger partial charge in [-0.2, -0.15) is 0 Å². The molecule has 0 saturated carbocycles. The first kappa shape index (κ1) is 24.1. The van der Waals surface area contributed by atoms with Gasteiger partial charge in [0.15, 0.2) is 11.7 Å². The van der Waals surface area contributed by atoms with Crippen molar-refractivity contribution in [2.45, 2.75) is 19.3 Å². The van der Waals surface area contributed by atoms with Gasteiger partial charge in [-0.3, -0.25) is 0 Å². The van der Waals surface area contributed by atoms with Crippen LogP contribution in [0.15, 0.2) is 0 Å². The highest BCUT2D eigenvalue weighted by molar-refractivity contribution is 8.10. The second kappa shape index (κ2) is 8.14. The highest BCUT2D eigenvalue weighted by atomic mass is 35.6. The zero-order chi connectivity index (χ0) is 19.3. The summed E-state index contributed by atoms with van der Waals surface area (Å²) in [6.07, 6.45) is 0. The van der Waals surface area contributed by atoms with E-state index in [1.165, 1.54) is 0 Å². The lowest BCUT2D eigenvalue weighted by Gasteiger charge is -2.47. The molecule has 0 amide bonds. The summed E-state index contributed by atoms with van der Waals surface area (Å²) in [5, 5.41) is 20.1. The Morgan fingerprint density at radius 2 is 0.960 bits per heavy atom. The predicted molar refractivity (Wildman–Crippen MR) is 107 cm³/mol. The first-order chi connectivity index (χ1) is 11.1. The van der Waals surface area contributed by atoms with E-state index >= 15 is 0 Å². The molecule has 0 radical (unpaired) electrons. The van der Waals surface area contributed by atoms with Crippen LogP contribution in [-0.4, -0.2) is 55.9 Å². The molecule has 2 heterocycles. The van der Waals surface area contributed by atoms with Crippen LogP contribution in [0.2, 0.25) is 0 Å². The van der Waals surface area contributed by atoms with Crippen LogP contribution in [-0.2, 0) is 41.7 Å². The molecule has 148 valence electrons. The highest BCUT2D eigenvalue weighted by Crippen LogP contribution is 2.66. The molecule has 2 N–H and O–H groups in total. The largest absolute Gasteiger partial charge is 0.379 e. The van der Waals surface area contributed by atoms with Crippen molar-refractivity contribution in [2.24, 2.45) is 5.41 Å². The van der Waals surface area contributed by atoms with Crippen LogP contribution >= 0.6 is 82.6 Å². The Balaban J connectivity index is 2.03. The minimum atomic E-state index is -3.24. The van der Waals surface area contributed by atoms with E-state index in [1.54, 1.807) is 0 Å². The Kier molecular flexibility index (Phi) is 7.84. The average Bonchev–Trinajstić information content (AvgIpc) is 2.50. The molecule has 6 nitrogen and oxygen atoms in total. The lowest BCUT2D eigenvalue weighted by atomic mass is 9.93. The van der Waals surface area contributed by atoms with Gasteiger partial charge in [-0.1, -0.05) is 69.6 Å². The molecule has 2 unspecified atom stereocenters. The van der Waals surface area contributed by atoms with Gasteiger partial charge in [0.05, 0.1) is 31.8 Å². The Morgan fingerprint density at radius 3 is 1.16 bits per heavy atom. The van der Waals surface area contributed by atoms with E-state index in [-0.39, 0.29) is 26.4 Å². The van der Waals surface area contributed by atoms with Gasteiger partial charge in [0.1, 0.15) is 0 Å². The van der Waals surface area contributed by atoms with Gasteiger partial charge in [0, 0.05) is 0 Å². The van der Waals surface area contributed by atoms with Crippen LogP contribution < -0.4 is 0 Å². The molecule has 2 atom stereocenters. The summed E-state index contributed by atoms with van der Waals surface area (Å²) in [5.41, 5.74) is -0.759. The molecule has 0 aromatic carbocycles. The third-order valence-corrected chi connectivity index (χ3v) is 11.9. The zero-order valence-corrected chi connectivity index (χ0v) is 19.9. The van der Waals surface area contributed by atoms with Gasteiger partial charge in [-0.15, -0.1) is 0 Å². The summed E-state index contributed by atoms with van der Waals surface area (Å²) in [7, 11) is 0. The molecule has 0 bridgehead atoms. The van der Waals surface area contributed by atoms with E-state index in [4.69, 9.17) is 111 Å². The monoisotopic (exact) mass is 552 g/mol. The van der Waals surface area contributed by atoms with Crippen molar-refractivity contribution in [1.29, 1.82) is 0 Å². The van der Waals surface area contributed by atoms with Gasteiger partial charge >= 0.3 is 0 Å². The second-order valence-electron chi connectivity index (χ2n) is 5.50. The van der Waals surface area contributed by atoms with Crippen LogP contribution in [0.4, 0.5) is 0 Å². The zero-order valence-electron chi connectivity index (χ0n) is 12.0. The van der Waals surface area contributed by atoms with E-state index in [1.807, 2.05) is 0 Å². The minimum absolute atomic E-state index is 0.0152. The van der Waals surface area contributed by atoms with E-state index < -0.39 is 37.7 Å². The quantitative estimate of drug-likeness (QED) is 0.391. The molecule has 16 heteroatoms. The van der Waals surface area contributed by atoms with Gasteiger partial charge in [-0.05, 0) is 23.6 Å². The van der Waals surface area contributed by atoms with Crippen LogP contribution in [0.1, 0.15) is 0 Å². The lowest BCUT2D eigenvalue weighted by Crippen LogP contribution is -2.48. The molecule has 2 rings (SSSR count). The topological polar surface area (TPSA) is 77.4 Å². The predicted octanol–water partition coefficient (Wildman–Crippen LogP) is 4.06. The van der Waals surface area contributed by atoms with Crippen LogP contribution in [0.3, 0.4) is 0 Å². The Labute approximate surface area is 184 Å². The molecule has 2 aliphatic rings. The fraction of sp³-hybridized carbons (Fsp3) is 1.00. The lowest BCUT2D eigenvalue weighted by molar-refractivity contribution is -0.0635. The second-order valence-corrected chi connectivity index (χ2v) is 17.5. The molecule has 1 spiro atoms. The molecule has 0 aromatic rings. The molecule has 0 aromatic heterocycles. The van der Waals surface area contributed by atoms with E-state index in [2.05, 4.69) is 0 Å². The van der Waals surface area contributed by atoms with Crippen molar-refractivity contribution < 1.29 is 28.3 Å². The summed E-state index contributed by atoms with van der Waals surface area (Å²) in [6.45, 7) is -6.43. The smallest absolute Gasteiger partial charge is 0.225 e. The Hall–Kier alpha value is 2.80. The van der Waals surface area contributed by atoms with Gasteiger partial charge in [0.25, 0.3) is 0 Å². The van der Waals surface area contributed by atoms with Crippen molar-refractivity contribution in [1.82, 2.24) is 0 Å². The van der Waals surface area contributed by atoms with Crippen LogP contribution in [0, 0.1) is 5.41 Å². The van der Waals surface area contributed by atoms with Gasteiger partial charge < -0.3 is 28.3 Å². The first-order valence-corrected chi connectivity index (χ1v) is 14.1. The minimum Gasteiger partial charge on any atom is -0.379 e. The molecule has 2 aliphatic heterocycles. The maximum atomic E-state index is 10.1. The van der Waals surface area contributed by atoms with Crippen molar-refractivity contribution in [3.05, 3.63) is 0 Å². The molecule has 2 fully saturated rings. The summed E-state index contributed by atoms with van der Waals surface area (Å²) in [6, 6.07) is 0. The highest BCUT2D eigenvalue weighted by Gasteiger charge is 2.54. The summed E-state index contributed by atoms with van der Waals surface area (Å²) in [4.78, 5) is 0. The Bertz CT molecular complexity index is 533. The van der Waals surface area contributed by atoms with E-state index in [0.29, 0.717) is 0 Å². The first-order valence-electron chi connectivity index (χ1n) is 6.41. The maximum Gasteiger partial charge on any atom is 0.225 e. The van der Waals surface area contributed by atoms with E-state index in [0.717, 1.165) is 0 Å². The standard InChI is InChI=1S/C9H12Cl6O6P2S2/c10-8(11,12)5(16)22(24)18-1-7(2-19-22)3-20-23(25,21-4-7)6(17)9(13,14)15/h5-6,16-17H,1-4H2. The number of halogens is 6. The Morgan fingerprint density at radius 1 is 0.720 bits per heavy atom. The number of aliphatic hydroxyl groups excluding tert-OH is 2.